The third-order valence-corrected chi connectivity index (χ3v) is 7.79. The van der Waals surface area contributed by atoms with E-state index >= 15 is 0 Å². The highest BCUT2D eigenvalue weighted by Crippen LogP contribution is 2.49. The van der Waals surface area contributed by atoms with Crippen molar-refractivity contribution in [3.05, 3.63) is 35.9 Å². The molecule has 0 bridgehead atoms. The van der Waals surface area contributed by atoms with Crippen molar-refractivity contribution in [2.75, 3.05) is 32.8 Å². The average Bonchev–Trinajstić information content (AvgIpc) is 3.20. The molecule has 2 saturated heterocycles. The molecule has 3 fully saturated rings. The molecule has 0 aromatic heterocycles. The van der Waals surface area contributed by atoms with Crippen LogP contribution in [0.25, 0.3) is 10.8 Å². The zero-order chi connectivity index (χ0) is 21.2. The number of rotatable bonds is 5. The second-order valence-electron chi connectivity index (χ2n) is 9.90. The predicted octanol–water partition coefficient (Wildman–Crippen LogP) is 2.87. The van der Waals surface area contributed by atoms with E-state index in [-0.39, 0.29) is 17.7 Å². The summed E-state index contributed by atoms with van der Waals surface area (Å²) >= 11 is 0. The van der Waals surface area contributed by atoms with Gasteiger partial charge in [-0.2, -0.15) is 0 Å². The summed E-state index contributed by atoms with van der Waals surface area (Å²) in [7, 11) is 0. The Labute approximate surface area is 181 Å². The van der Waals surface area contributed by atoms with Crippen LogP contribution in [-0.4, -0.2) is 49.6 Å². The van der Waals surface area contributed by atoms with Gasteiger partial charge in [-0.3, -0.25) is 19.8 Å². The molecule has 6 heteroatoms. The summed E-state index contributed by atoms with van der Waals surface area (Å²) in [6.45, 7) is 6.68. The number of hydrogen-bond acceptors (Lipinski definition) is 5. The Bertz CT molecular complexity index is 1070. The van der Waals surface area contributed by atoms with Crippen molar-refractivity contribution in [3.63, 3.8) is 0 Å². The number of nitrogens with zero attached hydrogens (tertiary/aromatic N) is 1. The first-order valence-corrected chi connectivity index (χ1v) is 11.4. The first-order chi connectivity index (χ1) is 15.0. The first kappa shape index (κ1) is 19.1. The van der Waals surface area contributed by atoms with Gasteiger partial charge in [0, 0.05) is 37.0 Å². The monoisotopic (exact) mass is 420 g/mol. The largest absolute Gasteiger partial charge is 0.492 e. The quantitative estimate of drug-likeness (QED) is 0.754. The Morgan fingerprint density at radius 2 is 2.03 bits per heavy atom. The molecule has 0 radical (unpaired) electrons. The van der Waals surface area contributed by atoms with E-state index in [0.29, 0.717) is 26.1 Å². The van der Waals surface area contributed by atoms with Gasteiger partial charge in [-0.05, 0) is 53.6 Å². The summed E-state index contributed by atoms with van der Waals surface area (Å²) in [5.74, 6) is 2.95. The summed E-state index contributed by atoms with van der Waals surface area (Å²) in [5.41, 5.74) is 0.612. The molecule has 3 heterocycles. The van der Waals surface area contributed by atoms with Gasteiger partial charge in [-0.25, -0.2) is 0 Å². The lowest BCUT2D eigenvalue weighted by Crippen LogP contribution is -2.49. The van der Waals surface area contributed by atoms with Crippen molar-refractivity contribution >= 4 is 22.6 Å². The van der Waals surface area contributed by atoms with Crippen LogP contribution in [-0.2, 0) is 15.0 Å². The van der Waals surface area contributed by atoms with Crippen LogP contribution in [0.3, 0.4) is 0 Å². The fraction of sp³-hybridized carbons (Fsp3) is 0.520. The van der Waals surface area contributed by atoms with E-state index in [4.69, 9.17) is 9.47 Å². The number of hydrogen-bond donors (Lipinski definition) is 1. The van der Waals surface area contributed by atoms with Crippen molar-refractivity contribution in [2.24, 2.45) is 17.8 Å². The summed E-state index contributed by atoms with van der Waals surface area (Å²) in [6.07, 6.45) is 2.36. The van der Waals surface area contributed by atoms with Crippen molar-refractivity contribution in [1.29, 1.82) is 0 Å². The molecule has 3 aliphatic heterocycles. The number of imide groups is 1. The van der Waals surface area contributed by atoms with Crippen LogP contribution < -0.4 is 14.8 Å². The molecule has 1 N–H and O–H groups in total. The van der Waals surface area contributed by atoms with Crippen LogP contribution in [0.2, 0.25) is 0 Å². The molecular formula is C25H28N2O4. The number of carbonyl (C=O) groups excluding carboxylic acids is 2. The topological polar surface area (TPSA) is 67.9 Å². The van der Waals surface area contributed by atoms with E-state index in [1.807, 2.05) is 12.1 Å². The Hall–Kier alpha value is -2.60. The number of nitrogens with one attached hydrogen (secondary N) is 1. The first-order valence-electron chi connectivity index (χ1n) is 11.4. The van der Waals surface area contributed by atoms with Gasteiger partial charge >= 0.3 is 0 Å². The van der Waals surface area contributed by atoms with E-state index in [2.05, 4.69) is 35.3 Å². The molecule has 1 aliphatic carbocycles. The maximum Gasteiger partial charge on any atom is 0.230 e. The molecule has 3 unspecified atom stereocenters. The van der Waals surface area contributed by atoms with Gasteiger partial charge in [0.2, 0.25) is 11.8 Å². The van der Waals surface area contributed by atoms with Gasteiger partial charge < -0.3 is 9.47 Å². The summed E-state index contributed by atoms with van der Waals surface area (Å²) in [6, 6.07) is 10.3. The molecular weight excluding hydrogens is 392 g/mol. The number of amides is 2. The van der Waals surface area contributed by atoms with Gasteiger partial charge in [-0.15, -0.1) is 0 Å². The SMILES string of the molecule is CC1([C@H]2CCC(=O)NC2=O)COc2ccc3cc(OCCN4CC5CC5C4)ccc3c21. The van der Waals surface area contributed by atoms with Gasteiger partial charge in [-0.1, -0.05) is 19.1 Å². The number of likely N-dealkylation sites (tertiary alicyclic amines) is 1. The number of ether oxygens (including phenoxy) is 2. The highest BCUT2D eigenvalue weighted by atomic mass is 16.5. The molecule has 2 aromatic rings. The predicted molar refractivity (Wildman–Crippen MR) is 116 cm³/mol. The van der Waals surface area contributed by atoms with Crippen LogP contribution in [0, 0.1) is 17.8 Å². The van der Waals surface area contributed by atoms with E-state index < -0.39 is 5.41 Å². The second-order valence-corrected chi connectivity index (χ2v) is 9.90. The zero-order valence-corrected chi connectivity index (χ0v) is 17.9. The number of fused-ring (bicyclic) bond motifs is 4. The maximum absolute atomic E-state index is 12.6. The lowest BCUT2D eigenvalue weighted by molar-refractivity contribution is -0.138. The summed E-state index contributed by atoms with van der Waals surface area (Å²) < 4.78 is 12.1. The minimum Gasteiger partial charge on any atom is -0.492 e. The van der Waals surface area contributed by atoms with Crippen LogP contribution in [0.4, 0.5) is 0 Å². The van der Waals surface area contributed by atoms with Crippen LogP contribution >= 0.6 is 0 Å². The lowest BCUT2D eigenvalue weighted by Gasteiger charge is -2.34. The van der Waals surface area contributed by atoms with Crippen LogP contribution in [0.5, 0.6) is 11.5 Å². The van der Waals surface area contributed by atoms with E-state index in [1.165, 1.54) is 19.5 Å². The summed E-state index contributed by atoms with van der Waals surface area (Å²) in [5, 5.41) is 4.69. The molecule has 0 spiro atoms. The molecule has 2 amide bonds. The Balaban J connectivity index is 1.24. The minimum atomic E-state index is -0.460. The molecule has 31 heavy (non-hydrogen) atoms. The molecule has 2 aromatic carbocycles. The fourth-order valence-electron chi connectivity index (χ4n) is 5.93. The van der Waals surface area contributed by atoms with Crippen LogP contribution in [0.1, 0.15) is 31.7 Å². The van der Waals surface area contributed by atoms with E-state index in [9.17, 15) is 9.59 Å². The Morgan fingerprint density at radius 3 is 2.84 bits per heavy atom. The standard InChI is InChI=1S/C25H28N2O4/c1-25(20-5-7-22(28)26-24(20)29)14-31-21-6-2-15-11-18(3-4-19(15)23(21)25)30-9-8-27-12-16-10-17(16)13-27/h2-4,6,11,16-17,20H,5,7-10,12-14H2,1H3,(H,26,28,29)/t16?,17?,20-,25?/m0/s1. The van der Waals surface area contributed by atoms with Gasteiger partial charge in [0.25, 0.3) is 0 Å². The molecule has 4 aliphatic rings. The lowest BCUT2D eigenvalue weighted by atomic mass is 9.68. The van der Waals surface area contributed by atoms with Gasteiger partial charge in [0.05, 0.1) is 12.5 Å². The Morgan fingerprint density at radius 1 is 1.19 bits per heavy atom. The normalized spacial score (nSPS) is 31.8. The molecule has 162 valence electrons. The molecule has 4 atom stereocenters. The third-order valence-electron chi connectivity index (χ3n) is 7.79. The second kappa shape index (κ2) is 6.95. The van der Waals surface area contributed by atoms with Crippen molar-refractivity contribution in [1.82, 2.24) is 10.2 Å². The molecule has 6 nitrogen and oxygen atoms in total. The summed E-state index contributed by atoms with van der Waals surface area (Å²) in [4.78, 5) is 26.8. The average molecular weight is 421 g/mol. The van der Waals surface area contributed by atoms with Crippen molar-refractivity contribution in [2.45, 2.75) is 31.6 Å². The van der Waals surface area contributed by atoms with Gasteiger partial charge in [0.1, 0.15) is 18.1 Å². The molecule has 6 rings (SSSR count). The molecule has 1 saturated carbocycles. The fourth-order valence-corrected chi connectivity index (χ4v) is 5.93. The Kier molecular flexibility index (Phi) is 4.29. The van der Waals surface area contributed by atoms with Crippen molar-refractivity contribution in [3.8, 4) is 11.5 Å². The minimum absolute atomic E-state index is 0.186. The van der Waals surface area contributed by atoms with Gasteiger partial charge in [0.15, 0.2) is 0 Å². The highest BCUT2D eigenvalue weighted by Gasteiger charge is 2.49. The third kappa shape index (κ3) is 3.19. The number of benzene rings is 2. The van der Waals surface area contributed by atoms with Crippen molar-refractivity contribution < 1.29 is 19.1 Å². The smallest absolute Gasteiger partial charge is 0.230 e. The highest BCUT2D eigenvalue weighted by molar-refractivity contribution is 6.00. The van der Waals surface area contributed by atoms with Crippen LogP contribution in [0.15, 0.2) is 30.3 Å². The van der Waals surface area contributed by atoms with E-state index in [1.54, 1.807) is 0 Å². The zero-order valence-electron chi connectivity index (χ0n) is 17.9. The number of piperidine rings is 2. The maximum atomic E-state index is 12.6. The van der Waals surface area contributed by atoms with E-state index in [0.717, 1.165) is 46.2 Å². The number of carbonyl (C=O) groups is 2.